The van der Waals surface area contributed by atoms with Gasteiger partial charge in [0.15, 0.2) is 0 Å². The second kappa shape index (κ2) is 6.30. The van der Waals surface area contributed by atoms with Crippen molar-refractivity contribution in [3.63, 3.8) is 0 Å². The third kappa shape index (κ3) is 2.91. The SMILES string of the molecule is NCC1(N2CCN(c3ccccc3F)CC2)CCOCC1. The molecule has 2 heterocycles. The lowest BCUT2D eigenvalue weighted by Crippen LogP contribution is -2.62. The van der Waals surface area contributed by atoms with Gasteiger partial charge in [-0.2, -0.15) is 0 Å². The number of piperazine rings is 1. The molecular formula is C16H24FN3O. The third-order valence-corrected chi connectivity index (χ3v) is 4.95. The first-order valence-corrected chi connectivity index (χ1v) is 7.77. The maximum atomic E-state index is 13.9. The van der Waals surface area contributed by atoms with Gasteiger partial charge >= 0.3 is 0 Å². The smallest absolute Gasteiger partial charge is 0.146 e. The van der Waals surface area contributed by atoms with Crippen LogP contribution in [0.1, 0.15) is 12.8 Å². The second-order valence-corrected chi connectivity index (χ2v) is 5.97. The highest BCUT2D eigenvalue weighted by Crippen LogP contribution is 2.29. The van der Waals surface area contributed by atoms with Crippen molar-refractivity contribution in [3.8, 4) is 0 Å². The van der Waals surface area contributed by atoms with Crippen LogP contribution in [0.25, 0.3) is 0 Å². The zero-order valence-corrected chi connectivity index (χ0v) is 12.4. The van der Waals surface area contributed by atoms with E-state index in [0.29, 0.717) is 12.2 Å². The number of halogens is 1. The molecule has 0 bridgehead atoms. The number of para-hydroxylation sites is 1. The lowest BCUT2D eigenvalue weighted by Gasteiger charge is -2.49. The van der Waals surface area contributed by atoms with Crippen LogP contribution in [-0.2, 0) is 4.74 Å². The maximum Gasteiger partial charge on any atom is 0.146 e. The van der Waals surface area contributed by atoms with Crippen LogP contribution in [0, 0.1) is 5.82 Å². The number of nitrogens with zero attached hydrogens (tertiary/aromatic N) is 2. The summed E-state index contributed by atoms with van der Waals surface area (Å²) in [6.45, 7) is 5.84. The predicted octanol–water partition coefficient (Wildman–Crippen LogP) is 1.46. The maximum absolute atomic E-state index is 13.9. The molecule has 2 aliphatic heterocycles. The molecule has 5 heteroatoms. The molecule has 0 saturated carbocycles. The van der Waals surface area contributed by atoms with Gasteiger partial charge in [0.05, 0.1) is 5.69 Å². The predicted molar refractivity (Wildman–Crippen MR) is 82.0 cm³/mol. The van der Waals surface area contributed by atoms with Crippen LogP contribution in [0.3, 0.4) is 0 Å². The molecule has 3 rings (SSSR count). The molecule has 0 aliphatic carbocycles. The Bertz CT molecular complexity index is 468. The third-order valence-electron chi connectivity index (χ3n) is 4.95. The van der Waals surface area contributed by atoms with Crippen LogP contribution in [0.15, 0.2) is 24.3 Å². The summed E-state index contributed by atoms with van der Waals surface area (Å²) in [6.07, 6.45) is 2.01. The summed E-state index contributed by atoms with van der Waals surface area (Å²) in [6, 6.07) is 7.02. The molecule has 21 heavy (non-hydrogen) atoms. The fraction of sp³-hybridized carbons (Fsp3) is 0.625. The molecule has 2 aliphatic rings. The molecule has 0 aromatic heterocycles. The van der Waals surface area contributed by atoms with Crippen LogP contribution >= 0.6 is 0 Å². The van der Waals surface area contributed by atoms with Crippen molar-refractivity contribution >= 4 is 5.69 Å². The van der Waals surface area contributed by atoms with Crippen molar-refractivity contribution in [1.29, 1.82) is 0 Å². The van der Waals surface area contributed by atoms with Gasteiger partial charge in [0, 0.05) is 51.5 Å². The Kier molecular flexibility index (Phi) is 4.42. The van der Waals surface area contributed by atoms with Crippen LogP contribution in [-0.4, -0.2) is 56.4 Å². The van der Waals surface area contributed by atoms with E-state index < -0.39 is 0 Å². The molecular weight excluding hydrogens is 269 g/mol. The average Bonchev–Trinajstić information content (AvgIpc) is 2.56. The molecule has 0 spiro atoms. The fourth-order valence-corrected chi connectivity index (χ4v) is 3.53. The number of nitrogens with two attached hydrogens (primary N) is 1. The summed E-state index contributed by atoms with van der Waals surface area (Å²) in [5, 5.41) is 0. The highest BCUT2D eigenvalue weighted by molar-refractivity contribution is 5.48. The summed E-state index contributed by atoms with van der Waals surface area (Å²) in [4.78, 5) is 4.63. The Balaban J connectivity index is 1.66. The molecule has 0 amide bonds. The van der Waals surface area contributed by atoms with Gasteiger partial charge in [-0.25, -0.2) is 4.39 Å². The molecule has 2 fully saturated rings. The first-order chi connectivity index (χ1) is 10.2. The number of hydrogen-bond acceptors (Lipinski definition) is 4. The minimum absolute atomic E-state index is 0.0829. The van der Waals surface area contributed by atoms with E-state index >= 15 is 0 Å². The minimum atomic E-state index is -0.134. The van der Waals surface area contributed by atoms with E-state index in [9.17, 15) is 4.39 Å². The zero-order chi connectivity index (χ0) is 14.7. The van der Waals surface area contributed by atoms with Crippen molar-refractivity contribution in [2.24, 2.45) is 5.73 Å². The Morgan fingerprint density at radius 2 is 1.76 bits per heavy atom. The van der Waals surface area contributed by atoms with Crippen molar-refractivity contribution < 1.29 is 9.13 Å². The molecule has 2 N–H and O–H groups in total. The number of benzene rings is 1. The van der Waals surface area contributed by atoms with E-state index in [0.717, 1.165) is 52.2 Å². The summed E-state index contributed by atoms with van der Waals surface area (Å²) < 4.78 is 19.4. The molecule has 1 aromatic carbocycles. The van der Waals surface area contributed by atoms with Crippen LogP contribution in [0.5, 0.6) is 0 Å². The van der Waals surface area contributed by atoms with Crippen molar-refractivity contribution in [1.82, 2.24) is 4.90 Å². The normalized spacial score (nSPS) is 23.2. The minimum Gasteiger partial charge on any atom is -0.381 e. The van der Waals surface area contributed by atoms with E-state index in [1.807, 2.05) is 12.1 Å². The molecule has 1 aromatic rings. The van der Waals surface area contributed by atoms with E-state index in [-0.39, 0.29) is 11.4 Å². The van der Waals surface area contributed by atoms with Gasteiger partial charge < -0.3 is 15.4 Å². The van der Waals surface area contributed by atoms with Crippen LogP contribution in [0.2, 0.25) is 0 Å². The Morgan fingerprint density at radius 3 is 2.38 bits per heavy atom. The Hall–Kier alpha value is -1.17. The Labute approximate surface area is 125 Å². The largest absolute Gasteiger partial charge is 0.381 e. The molecule has 0 radical (unpaired) electrons. The first-order valence-electron chi connectivity index (χ1n) is 7.77. The highest BCUT2D eigenvalue weighted by atomic mass is 19.1. The summed E-state index contributed by atoms with van der Waals surface area (Å²) in [5.41, 5.74) is 6.86. The lowest BCUT2D eigenvalue weighted by molar-refractivity contribution is -0.0263. The standard InChI is InChI=1S/C16H24FN3O/c17-14-3-1-2-4-15(14)19-7-9-20(10-8-19)16(13-18)5-11-21-12-6-16/h1-4H,5-13,18H2. The van der Waals surface area contributed by atoms with Crippen LogP contribution in [0.4, 0.5) is 10.1 Å². The van der Waals surface area contributed by atoms with Crippen molar-refractivity contribution in [2.75, 3.05) is 50.8 Å². The van der Waals surface area contributed by atoms with Crippen molar-refractivity contribution in [3.05, 3.63) is 30.1 Å². The van der Waals surface area contributed by atoms with Gasteiger partial charge in [0.25, 0.3) is 0 Å². The monoisotopic (exact) mass is 293 g/mol. The van der Waals surface area contributed by atoms with E-state index in [1.54, 1.807) is 6.07 Å². The average molecular weight is 293 g/mol. The lowest BCUT2D eigenvalue weighted by atomic mass is 9.87. The van der Waals surface area contributed by atoms with Gasteiger partial charge in [0.1, 0.15) is 5.82 Å². The number of hydrogen-bond donors (Lipinski definition) is 1. The summed E-state index contributed by atoms with van der Waals surface area (Å²) in [7, 11) is 0. The highest BCUT2D eigenvalue weighted by Gasteiger charge is 2.38. The first kappa shape index (κ1) is 14.8. The molecule has 2 saturated heterocycles. The second-order valence-electron chi connectivity index (χ2n) is 5.97. The van der Waals surface area contributed by atoms with E-state index in [2.05, 4.69) is 9.80 Å². The number of ether oxygens (including phenoxy) is 1. The Morgan fingerprint density at radius 1 is 1.10 bits per heavy atom. The topological polar surface area (TPSA) is 41.7 Å². The van der Waals surface area contributed by atoms with Gasteiger partial charge in [-0.1, -0.05) is 12.1 Å². The van der Waals surface area contributed by atoms with Gasteiger partial charge in [0.2, 0.25) is 0 Å². The summed E-state index contributed by atoms with van der Waals surface area (Å²) in [5.74, 6) is -0.134. The molecule has 4 nitrogen and oxygen atoms in total. The molecule has 116 valence electrons. The molecule has 0 atom stereocenters. The van der Waals surface area contributed by atoms with Gasteiger partial charge in [-0.3, -0.25) is 4.90 Å². The number of anilines is 1. The molecule has 0 unspecified atom stereocenters. The number of rotatable bonds is 3. The van der Waals surface area contributed by atoms with Gasteiger partial charge in [-0.15, -0.1) is 0 Å². The zero-order valence-electron chi connectivity index (χ0n) is 12.4. The van der Waals surface area contributed by atoms with Crippen LogP contribution < -0.4 is 10.6 Å². The quantitative estimate of drug-likeness (QED) is 0.916. The van der Waals surface area contributed by atoms with E-state index in [1.165, 1.54) is 6.07 Å². The van der Waals surface area contributed by atoms with E-state index in [4.69, 9.17) is 10.5 Å². The van der Waals surface area contributed by atoms with Crippen molar-refractivity contribution in [2.45, 2.75) is 18.4 Å². The fourth-order valence-electron chi connectivity index (χ4n) is 3.53. The summed E-state index contributed by atoms with van der Waals surface area (Å²) >= 11 is 0. The van der Waals surface area contributed by atoms with Gasteiger partial charge in [-0.05, 0) is 25.0 Å².